The first-order valence-corrected chi connectivity index (χ1v) is 11.7. The van der Waals surface area contributed by atoms with Gasteiger partial charge >= 0.3 is 0 Å². The van der Waals surface area contributed by atoms with Crippen LogP contribution in [-0.4, -0.2) is 48.9 Å². The predicted octanol–water partition coefficient (Wildman–Crippen LogP) is 3.02. The fourth-order valence-electron chi connectivity index (χ4n) is 3.27. The summed E-state index contributed by atoms with van der Waals surface area (Å²) >= 11 is 7.30. The molecule has 6 nitrogen and oxygen atoms in total. The highest BCUT2D eigenvalue weighted by Crippen LogP contribution is 2.41. The molecule has 146 valence electrons. The second-order valence-corrected chi connectivity index (χ2v) is 10.3. The van der Waals surface area contributed by atoms with Crippen LogP contribution >= 0.6 is 23.4 Å². The monoisotopic (exact) mass is 436 g/mol. The summed E-state index contributed by atoms with van der Waals surface area (Å²) in [6.45, 7) is -0.184. The van der Waals surface area contributed by atoms with Gasteiger partial charge in [-0.15, -0.1) is 0 Å². The standard InChI is InChI=1S/C19H17ClN2O4S2/c20-13-6-8-14(9-7-13)22-16-11-28(24,25)12-17(16)27-19(22)21-18(23)10-26-15-4-2-1-3-5-15/h1-9,16-17H,10-12H2/t16-,17+/m1/s1. The smallest absolute Gasteiger partial charge is 0.285 e. The SMILES string of the molecule is O=C(COc1ccccc1)N=C1S[C@H]2CS(=O)(=O)C[C@H]2N1c1ccc(Cl)cc1. The van der Waals surface area contributed by atoms with Gasteiger partial charge in [-0.2, -0.15) is 4.99 Å². The van der Waals surface area contributed by atoms with Crippen molar-refractivity contribution >= 4 is 50.0 Å². The number of fused-ring (bicyclic) bond motifs is 1. The molecule has 0 radical (unpaired) electrons. The normalized spacial score (nSPS) is 24.3. The Hall–Kier alpha value is -2.03. The van der Waals surface area contributed by atoms with Crippen molar-refractivity contribution in [2.24, 2.45) is 4.99 Å². The summed E-state index contributed by atoms with van der Waals surface area (Å²) in [6.07, 6.45) is 0. The van der Waals surface area contributed by atoms with E-state index in [2.05, 4.69) is 4.99 Å². The molecule has 0 aliphatic carbocycles. The first-order valence-electron chi connectivity index (χ1n) is 8.62. The Morgan fingerprint density at radius 3 is 2.57 bits per heavy atom. The molecule has 2 aliphatic rings. The summed E-state index contributed by atoms with van der Waals surface area (Å²) in [7, 11) is -3.11. The molecular formula is C19H17ClN2O4S2. The molecule has 9 heteroatoms. The van der Waals surface area contributed by atoms with E-state index >= 15 is 0 Å². The highest BCUT2D eigenvalue weighted by atomic mass is 35.5. The Labute approximate surface area is 172 Å². The van der Waals surface area contributed by atoms with Gasteiger partial charge in [0.15, 0.2) is 21.6 Å². The maximum absolute atomic E-state index is 12.4. The van der Waals surface area contributed by atoms with E-state index in [0.29, 0.717) is 15.9 Å². The minimum Gasteiger partial charge on any atom is -0.484 e. The number of carbonyl (C=O) groups excluding carboxylic acids is 1. The molecule has 0 N–H and O–H groups in total. The highest BCUT2D eigenvalue weighted by molar-refractivity contribution is 8.16. The zero-order valence-corrected chi connectivity index (χ0v) is 17.1. The van der Waals surface area contributed by atoms with Gasteiger partial charge in [-0.3, -0.25) is 4.79 Å². The number of nitrogens with zero attached hydrogens (tertiary/aromatic N) is 2. The highest BCUT2D eigenvalue weighted by Gasteiger charge is 2.49. The van der Waals surface area contributed by atoms with E-state index in [9.17, 15) is 13.2 Å². The number of amides is 1. The largest absolute Gasteiger partial charge is 0.484 e. The van der Waals surface area contributed by atoms with Crippen LogP contribution in [0, 0.1) is 0 Å². The fourth-order valence-corrected chi connectivity index (χ4v) is 7.33. The van der Waals surface area contributed by atoms with Crippen molar-refractivity contribution in [2.75, 3.05) is 23.0 Å². The Morgan fingerprint density at radius 1 is 1.14 bits per heavy atom. The van der Waals surface area contributed by atoms with Gasteiger partial charge in [0.1, 0.15) is 5.75 Å². The minimum absolute atomic E-state index is 0.0427. The molecule has 0 bridgehead atoms. The molecule has 2 fully saturated rings. The van der Waals surface area contributed by atoms with Gasteiger partial charge in [-0.1, -0.05) is 41.6 Å². The average Bonchev–Trinajstić information content (AvgIpc) is 3.12. The van der Waals surface area contributed by atoms with Gasteiger partial charge in [0.05, 0.1) is 17.5 Å². The van der Waals surface area contributed by atoms with E-state index in [-0.39, 0.29) is 29.4 Å². The molecule has 2 atom stereocenters. The lowest BCUT2D eigenvalue weighted by Crippen LogP contribution is -2.37. The van der Waals surface area contributed by atoms with E-state index < -0.39 is 15.7 Å². The summed E-state index contributed by atoms with van der Waals surface area (Å²) in [4.78, 5) is 18.4. The number of hydrogen-bond acceptors (Lipinski definition) is 5. The number of aliphatic imine (C=N–C) groups is 1. The second-order valence-electron chi connectivity index (χ2n) is 6.54. The fraction of sp³-hybridized carbons (Fsp3) is 0.263. The first-order chi connectivity index (χ1) is 13.4. The quantitative estimate of drug-likeness (QED) is 0.733. The molecule has 4 rings (SSSR count). The lowest BCUT2D eigenvalue weighted by molar-refractivity contribution is -0.119. The third-order valence-electron chi connectivity index (χ3n) is 4.50. The topological polar surface area (TPSA) is 76.0 Å². The number of thioether (sulfide) groups is 1. The molecule has 0 unspecified atom stereocenters. The van der Waals surface area contributed by atoms with E-state index in [1.54, 1.807) is 36.4 Å². The molecule has 0 saturated carbocycles. The Balaban J connectivity index is 1.56. The van der Waals surface area contributed by atoms with Crippen molar-refractivity contribution < 1.29 is 17.9 Å². The second kappa shape index (κ2) is 7.77. The third-order valence-corrected chi connectivity index (χ3v) is 7.96. The molecular weight excluding hydrogens is 420 g/mol. The molecule has 2 aliphatic heterocycles. The number of benzene rings is 2. The molecule has 0 aromatic heterocycles. The van der Waals surface area contributed by atoms with Crippen LogP contribution in [0.15, 0.2) is 59.6 Å². The van der Waals surface area contributed by atoms with Crippen molar-refractivity contribution in [1.29, 1.82) is 0 Å². The minimum atomic E-state index is -3.11. The van der Waals surface area contributed by atoms with Crippen molar-refractivity contribution in [3.63, 3.8) is 0 Å². The predicted molar refractivity (Wildman–Crippen MR) is 112 cm³/mol. The number of anilines is 1. The van der Waals surface area contributed by atoms with Gasteiger partial charge < -0.3 is 9.64 Å². The van der Waals surface area contributed by atoms with Crippen LogP contribution in [0.5, 0.6) is 5.75 Å². The molecule has 0 spiro atoms. The summed E-state index contributed by atoms with van der Waals surface area (Å²) in [5.74, 6) is 0.294. The van der Waals surface area contributed by atoms with E-state index in [4.69, 9.17) is 16.3 Å². The summed E-state index contributed by atoms with van der Waals surface area (Å²) in [5, 5.41) is 0.924. The number of amidine groups is 1. The van der Waals surface area contributed by atoms with Crippen LogP contribution in [0.3, 0.4) is 0 Å². The van der Waals surface area contributed by atoms with Gasteiger partial charge in [-0.25, -0.2) is 8.42 Å². The number of ether oxygens (including phenoxy) is 1. The number of hydrogen-bond donors (Lipinski definition) is 0. The van der Waals surface area contributed by atoms with Crippen molar-refractivity contribution in [2.45, 2.75) is 11.3 Å². The van der Waals surface area contributed by atoms with Gasteiger partial charge in [0.2, 0.25) is 0 Å². The van der Waals surface area contributed by atoms with E-state index in [0.717, 1.165) is 5.69 Å². The maximum Gasteiger partial charge on any atom is 0.285 e. The molecule has 2 aromatic carbocycles. The van der Waals surface area contributed by atoms with E-state index in [1.807, 2.05) is 23.1 Å². The van der Waals surface area contributed by atoms with Crippen LogP contribution in [0.25, 0.3) is 0 Å². The van der Waals surface area contributed by atoms with Crippen molar-refractivity contribution in [3.05, 3.63) is 59.6 Å². The lowest BCUT2D eigenvalue weighted by Gasteiger charge is -2.24. The maximum atomic E-state index is 12.4. The van der Waals surface area contributed by atoms with Gasteiger partial charge in [0.25, 0.3) is 5.91 Å². The number of para-hydroxylation sites is 1. The number of halogens is 1. The molecule has 2 heterocycles. The van der Waals surface area contributed by atoms with E-state index in [1.165, 1.54) is 11.8 Å². The number of carbonyl (C=O) groups is 1. The number of rotatable bonds is 4. The zero-order chi connectivity index (χ0) is 19.7. The average molecular weight is 437 g/mol. The Morgan fingerprint density at radius 2 is 1.86 bits per heavy atom. The Bertz CT molecular complexity index is 1010. The summed E-state index contributed by atoms with van der Waals surface area (Å²) in [6, 6.07) is 15.9. The lowest BCUT2D eigenvalue weighted by atomic mass is 10.2. The number of sulfone groups is 1. The van der Waals surface area contributed by atoms with Gasteiger partial charge in [0, 0.05) is 16.0 Å². The van der Waals surface area contributed by atoms with Gasteiger partial charge in [-0.05, 0) is 36.4 Å². The van der Waals surface area contributed by atoms with Crippen LogP contribution in [0.4, 0.5) is 5.69 Å². The molecule has 2 saturated heterocycles. The molecule has 2 aromatic rings. The van der Waals surface area contributed by atoms with Crippen molar-refractivity contribution in [3.8, 4) is 5.75 Å². The van der Waals surface area contributed by atoms with Crippen LogP contribution in [0.1, 0.15) is 0 Å². The van der Waals surface area contributed by atoms with Crippen molar-refractivity contribution in [1.82, 2.24) is 0 Å². The summed E-state index contributed by atoms with van der Waals surface area (Å²) in [5.41, 5.74) is 0.761. The zero-order valence-electron chi connectivity index (χ0n) is 14.7. The van der Waals surface area contributed by atoms with Crippen LogP contribution < -0.4 is 9.64 Å². The molecule has 1 amide bonds. The third kappa shape index (κ3) is 4.19. The summed E-state index contributed by atoms with van der Waals surface area (Å²) < 4.78 is 29.6. The van der Waals surface area contributed by atoms with Crippen LogP contribution in [-0.2, 0) is 14.6 Å². The molecule has 28 heavy (non-hydrogen) atoms. The first kappa shape index (κ1) is 19.3. The van der Waals surface area contributed by atoms with Crippen LogP contribution in [0.2, 0.25) is 5.02 Å². The Kier molecular flexibility index (Phi) is 5.35.